The van der Waals surface area contributed by atoms with Crippen molar-refractivity contribution in [3.05, 3.63) is 24.3 Å². The van der Waals surface area contributed by atoms with Crippen LogP contribution in [0.15, 0.2) is 29.3 Å². The lowest BCUT2D eigenvalue weighted by atomic mass is 10.3. The average molecular weight is 332 g/mol. The van der Waals surface area contributed by atoms with E-state index in [4.69, 9.17) is 5.73 Å². The van der Waals surface area contributed by atoms with Crippen molar-refractivity contribution >= 4 is 11.6 Å². The fourth-order valence-electron chi connectivity index (χ4n) is 2.12. The van der Waals surface area contributed by atoms with Gasteiger partial charge in [0, 0.05) is 11.7 Å². The van der Waals surface area contributed by atoms with Gasteiger partial charge in [-0.2, -0.15) is 0 Å². The molecular weight excluding hydrogens is 309 g/mol. The number of hydrogen-bond acceptors (Lipinski definition) is 3. The largest absolute Gasteiger partial charge is 0.573 e. The summed E-state index contributed by atoms with van der Waals surface area (Å²) in [4.78, 5) is 6.50. The second-order valence-electron chi connectivity index (χ2n) is 4.99. The van der Waals surface area contributed by atoms with E-state index >= 15 is 0 Å². The molecule has 0 fully saturated rings. The van der Waals surface area contributed by atoms with Crippen LogP contribution < -0.4 is 15.8 Å². The molecule has 0 aliphatic carbocycles. The van der Waals surface area contributed by atoms with Crippen molar-refractivity contribution in [2.45, 2.75) is 33.2 Å². The van der Waals surface area contributed by atoms with Gasteiger partial charge < -0.3 is 15.8 Å². The van der Waals surface area contributed by atoms with Gasteiger partial charge in [-0.1, -0.05) is 13.8 Å². The summed E-state index contributed by atoms with van der Waals surface area (Å²) in [6, 6.07) is 5.56. The highest BCUT2D eigenvalue weighted by Crippen LogP contribution is 2.23. The fraction of sp³-hybridized carbons (Fsp3) is 0.533. The van der Waals surface area contributed by atoms with Crippen LogP contribution >= 0.6 is 0 Å². The van der Waals surface area contributed by atoms with Gasteiger partial charge in [0.2, 0.25) is 0 Å². The van der Waals surface area contributed by atoms with E-state index in [1.54, 1.807) is 0 Å². The lowest BCUT2D eigenvalue weighted by Gasteiger charge is -2.24. The Labute approximate surface area is 134 Å². The molecule has 0 aliphatic rings. The Bertz CT molecular complexity index is 498. The highest BCUT2D eigenvalue weighted by molar-refractivity contribution is 5.92. The third-order valence-electron chi connectivity index (χ3n) is 3.32. The number of likely N-dealkylation sites (N-methyl/N-ethyl adjacent to an activating group) is 1. The van der Waals surface area contributed by atoms with E-state index in [2.05, 4.69) is 40.7 Å². The number of hydrogen-bond donors (Lipinski definition) is 2. The van der Waals surface area contributed by atoms with E-state index in [0.29, 0.717) is 12.2 Å². The molecule has 0 spiro atoms. The molecule has 1 aromatic carbocycles. The number of rotatable bonds is 7. The second kappa shape index (κ2) is 8.61. The Morgan fingerprint density at radius 1 is 1.26 bits per heavy atom. The maximum atomic E-state index is 12.1. The van der Waals surface area contributed by atoms with E-state index in [9.17, 15) is 13.2 Å². The van der Waals surface area contributed by atoms with Crippen molar-refractivity contribution in [3.8, 4) is 5.75 Å². The molecule has 5 nitrogen and oxygen atoms in total. The van der Waals surface area contributed by atoms with E-state index in [0.717, 1.165) is 13.1 Å². The molecule has 8 heteroatoms. The van der Waals surface area contributed by atoms with Crippen LogP contribution in [0.4, 0.5) is 18.9 Å². The maximum absolute atomic E-state index is 12.1. The molecule has 0 saturated carbocycles. The van der Waals surface area contributed by atoms with Crippen molar-refractivity contribution < 1.29 is 17.9 Å². The third kappa shape index (κ3) is 7.23. The first-order valence-corrected chi connectivity index (χ1v) is 7.42. The second-order valence-corrected chi connectivity index (χ2v) is 4.99. The van der Waals surface area contributed by atoms with Crippen molar-refractivity contribution in [2.75, 3.05) is 25.0 Å². The van der Waals surface area contributed by atoms with E-state index in [-0.39, 0.29) is 17.8 Å². The van der Waals surface area contributed by atoms with Gasteiger partial charge in [-0.05, 0) is 44.3 Å². The fourth-order valence-corrected chi connectivity index (χ4v) is 2.12. The Morgan fingerprint density at radius 3 is 2.30 bits per heavy atom. The van der Waals surface area contributed by atoms with E-state index in [1.165, 1.54) is 24.3 Å². The predicted octanol–water partition coefficient (Wildman–Crippen LogP) is 3.04. The van der Waals surface area contributed by atoms with Crippen LogP contribution in [0.3, 0.4) is 0 Å². The van der Waals surface area contributed by atoms with Crippen LogP contribution in [0.5, 0.6) is 5.75 Å². The summed E-state index contributed by atoms with van der Waals surface area (Å²) in [5.41, 5.74) is 6.32. The number of ether oxygens (including phenoxy) is 1. The summed E-state index contributed by atoms with van der Waals surface area (Å²) >= 11 is 0. The van der Waals surface area contributed by atoms with Gasteiger partial charge in [-0.15, -0.1) is 13.2 Å². The van der Waals surface area contributed by atoms with Crippen molar-refractivity contribution in [1.82, 2.24) is 4.90 Å². The van der Waals surface area contributed by atoms with Crippen molar-refractivity contribution in [1.29, 1.82) is 0 Å². The number of aliphatic imine (C=N–C) groups is 1. The lowest BCUT2D eigenvalue weighted by Crippen LogP contribution is -2.36. The zero-order valence-corrected chi connectivity index (χ0v) is 13.5. The van der Waals surface area contributed by atoms with Gasteiger partial charge >= 0.3 is 6.36 Å². The standard InChI is InChI=1S/C15H23F3N4O/c1-4-22(5-2)11(3)10-20-14(19)21-12-6-8-13(9-7-12)23-15(16,17)18/h6-9,11H,4-5,10H2,1-3H3,(H3,19,20,21). The Kier molecular flexibility index (Phi) is 7.15. The smallest absolute Gasteiger partial charge is 0.406 e. The first-order chi connectivity index (χ1) is 10.7. The topological polar surface area (TPSA) is 62.9 Å². The molecule has 1 unspecified atom stereocenters. The molecule has 130 valence electrons. The van der Waals surface area contributed by atoms with Gasteiger partial charge in [0.05, 0.1) is 6.54 Å². The van der Waals surface area contributed by atoms with Crippen molar-refractivity contribution in [3.63, 3.8) is 0 Å². The zero-order chi connectivity index (χ0) is 17.5. The molecule has 1 atom stereocenters. The molecule has 0 saturated heterocycles. The van der Waals surface area contributed by atoms with Crippen LogP contribution in [-0.4, -0.2) is 42.9 Å². The molecule has 0 amide bonds. The summed E-state index contributed by atoms with van der Waals surface area (Å²) in [6.45, 7) is 8.62. The summed E-state index contributed by atoms with van der Waals surface area (Å²) in [7, 11) is 0. The quantitative estimate of drug-likeness (QED) is 0.595. The Morgan fingerprint density at radius 2 is 1.83 bits per heavy atom. The molecule has 23 heavy (non-hydrogen) atoms. The average Bonchev–Trinajstić information content (AvgIpc) is 2.47. The molecule has 0 aliphatic heterocycles. The lowest BCUT2D eigenvalue weighted by molar-refractivity contribution is -0.274. The number of benzene rings is 1. The van der Waals surface area contributed by atoms with Crippen LogP contribution in [0.1, 0.15) is 20.8 Å². The molecule has 0 radical (unpaired) electrons. The van der Waals surface area contributed by atoms with Gasteiger partial charge in [0.1, 0.15) is 5.75 Å². The normalized spacial score (nSPS) is 14.0. The minimum atomic E-state index is -4.70. The molecule has 1 aromatic rings. The molecular formula is C15H23F3N4O. The van der Waals surface area contributed by atoms with Gasteiger partial charge in [0.25, 0.3) is 0 Å². The van der Waals surface area contributed by atoms with Crippen LogP contribution in [0, 0.1) is 0 Å². The van der Waals surface area contributed by atoms with Crippen LogP contribution in [0.25, 0.3) is 0 Å². The van der Waals surface area contributed by atoms with E-state index < -0.39 is 6.36 Å². The first kappa shape index (κ1) is 19.1. The highest BCUT2D eigenvalue weighted by atomic mass is 19.4. The van der Waals surface area contributed by atoms with Gasteiger partial charge in [-0.25, -0.2) is 0 Å². The van der Waals surface area contributed by atoms with Crippen LogP contribution in [0.2, 0.25) is 0 Å². The number of nitrogens with one attached hydrogen (secondary N) is 1. The number of guanidine groups is 1. The van der Waals surface area contributed by atoms with Gasteiger partial charge in [0.15, 0.2) is 5.96 Å². The molecule has 3 N–H and O–H groups in total. The Hall–Kier alpha value is -1.96. The molecule has 1 rings (SSSR count). The number of halogens is 3. The molecule has 0 bridgehead atoms. The Balaban J connectivity index is 2.56. The highest BCUT2D eigenvalue weighted by Gasteiger charge is 2.30. The number of anilines is 1. The maximum Gasteiger partial charge on any atom is 0.573 e. The predicted molar refractivity (Wildman–Crippen MR) is 85.6 cm³/mol. The summed E-state index contributed by atoms with van der Waals surface area (Å²) in [5.74, 6) is -0.0674. The third-order valence-corrected chi connectivity index (χ3v) is 3.32. The number of nitrogens with two attached hydrogens (primary N) is 1. The van der Waals surface area contributed by atoms with Crippen LogP contribution in [-0.2, 0) is 0 Å². The van der Waals surface area contributed by atoms with E-state index in [1.807, 2.05) is 0 Å². The summed E-state index contributed by atoms with van der Waals surface area (Å²) < 4.78 is 40.0. The monoisotopic (exact) mass is 332 g/mol. The SMILES string of the molecule is CCN(CC)C(C)CN=C(N)Nc1ccc(OC(F)(F)F)cc1. The molecule has 0 heterocycles. The minimum Gasteiger partial charge on any atom is -0.406 e. The first-order valence-electron chi connectivity index (χ1n) is 7.42. The van der Waals surface area contributed by atoms with Gasteiger partial charge in [-0.3, -0.25) is 9.89 Å². The number of nitrogens with zero attached hydrogens (tertiary/aromatic N) is 2. The number of alkyl halides is 3. The zero-order valence-electron chi connectivity index (χ0n) is 13.5. The minimum absolute atomic E-state index is 0.216. The van der Waals surface area contributed by atoms with Crippen molar-refractivity contribution in [2.24, 2.45) is 10.7 Å². The summed E-state index contributed by atoms with van der Waals surface area (Å²) in [5, 5.41) is 2.83. The molecule has 0 aromatic heterocycles. The summed E-state index contributed by atoms with van der Waals surface area (Å²) in [6.07, 6.45) is -4.70.